The second kappa shape index (κ2) is 9.02. The van der Waals surface area contributed by atoms with Gasteiger partial charge >= 0.3 is 0 Å². The molecule has 1 saturated carbocycles. The molecule has 0 radical (unpaired) electrons. The van der Waals surface area contributed by atoms with E-state index in [4.69, 9.17) is 0 Å². The lowest BCUT2D eigenvalue weighted by Gasteiger charge is -2.41. The van der Waals surface area contributed by atoms with Gasteiger partial charge in [0.1, 0.15) is 0 Å². The molecule has 2 rings (SSSR count). The van der Waals surface area contributed by atoms with E-state index in [0.29, 0.717) is 12.3 Å². The van der Waals surface area contributed by atoms with Gasteiger partial charge in [-0.05, 0) is 30.6 Å². The average Bonchev–Trinajstić information content (AvgIpc) is 3.06. The molecule has 5 heteroatoms. The van der Waals surface area contributed by atoms with E-state index < -0.39 is 0 Å². The molecule has 1 atom stereocenters. The van der Waals surface area contributed by atoms with Gasteiger partial charge in [0, 0.05) is 39.1 Å². The zero-order valence-electron chi connectivity index (χ0n) is 16.6. The summed E-state index contributed by atoms with van der Waals surface area (Å²) in [6, 6.07) is -0.00563. The van der Waals surface area contributed by atoms with E-state index in [9.17, 15) is 9.59 Å². The number of nitrogens with zero attached hydrogens (tertiary/aromatic N) is 2. The van der Waals surface area contributed by atoms with Gasteiger partial charge in [-0.2, -0.15) is 0 Å². The van der Waals surface area contributed by atoms with Crippen molar-refractivity contribution in [2.75, 3.05) is 32.7 Å². The van der Waals surface area contributed by atoms with Crippen molar-refractivity contribution in [2.24, 2.45) is 11.3 Å². The van der Waals surface area contributed by atoms with Gasteiger partial charge in [0.05, 0.1) is 6.04 Å². The Morgan fingerprint density at radius 1 is 1.08 bits per heavy atom. The number of rotatable bonds is 6. The molecule has 2 aliphatic rings. The number of carbonyl (C=O) groups is 2. The van der Waals surface area contributed by atoms with Crippen LogP contribution in [0, 0.1) is 11.3 Å². The van der Waals surface area contributed by atoms with Crippen molar-refractivity contribution in [1.29, 1.82) is 0 Å². The monoisotopic (exact) mass is 351 g/mol. The summed E-state index contributed by atoms with van der Waals surface area (Å²) < 4.78 is 0. The third-order valence-electron chi connectivity index (χ3n) is 5.41. The van der Waals surface area contributed by atoms with Gasteiger partial charge in [-0.1, -0.05) is 40.5 Å². The second-order valence-electron chi connectivity index (χ2n) is 8.93. The molecule has 0 aromatic rings. The van der Waals surface area contributed by atoms with Crippen LogP contribution in [0.25, 0.3) is 0 Å². The minimum atomic E-state index is -0.00563. The van der Waals surface area contributed by atoms with Crippen molar-refractivity contribution in [3.63, 3.8) is 0 Å². The first kappa shape index (κ1) is 20.2. The Labute approximate surface area is 153 Å². The fourth-order valence-corrected chi connectivity index (χ4v) is 4.12. The maximum absolute atomic E-state index is 12.8. The maximum Gasteiger partial charge on any atom is 0.237 e. The molecular weight excluding hydrogens is 314 g/mol. The molecule has 144 valence electrons. The Bertz CT molecular complexity index is 444. The van der Waals surface area contributed by atoms with Crippen molar-refractivity contribution in [3.8, 4) is 0 Å². The molecule has 1 saturated heterocycles. The summed E-state index contributed by atoms with van der Waals surface area (Å²) >= 11 is 0. The van der Waals surface area contributed by atoms with Crippen molar-refractivity contribution in [3.05, 3.63) is 0 Å². The van der Waals surface area contributed by atoms with Crippen LogP contribution < -0.4 is 5.32 Å². The summed E-state index contributed by atoms with van der Waals surface area (Å²) in [6.45, 7) is 12.3. The Balaban J connectivity index is 1.94. The minimum absolute atomic E-state index is 0.00563. The number of hydrogen-bond acceptors (Lipinski definition) is 3. The Morgan fingerprint density at radius 2 is 1.68 bits per heavy atom. The molecule has 0 aromatic carbocycles. The molecule has 1 N–H and O–H groups in total. The van der Waals surface area contributed by atoms with E-state index in [1.54, 1.807) is 0 Å². The molecule has 0 bridgehead atoms. The van der Waals surface area contributed by atoms with Crippen LogP contribution in [-0.4, -0.2) is 60.4 Å². The van der Waals surface area contributed by atoms with Gasteiger partial charge in [-0.15, -0.1) is 0 Å². The predicted octanol–water partition coefficient (Wildman–Crippen LogP) is 2.65. The Morgan fingerprint density at radius 3 is 2.20 bits per heavy atom. The smallest absolute Gasteiger partial charge is 0.237 e. The largest absolute Gasteiger partial charge is 0.355 e. The molecular formula is C20H37N3O2. The molecule has 1 heterocycles. The lowest BCUT2D eigenvalue weighted by molar-refractivity contribution is -0.136. The van der Waals surface area contributed by atoms with Crippen LogP contribution >= 0.6 is 0 Å². The van der Waals surface area contributed by atoms with Crippen LogP contribution in [0.4, 0.5) is 0 Å². The molecule has 0 spiro atoms. The summed E-state index contributed by atoms with van der Waals surface area (Å²) in [7, 11) is 0. The van der Waals surface area contributed by atoms with Gasteiger partial charge in [-0.25, -0.2) is 0 Å². The van der Waals surface area contributed by atoms with Gasteiger partial charge in [-0.3, -0.25) is 14.5 Å². The van der Waals surface area contributed by atoms with E-state index in [0.717, 1.165) is 52.0 Å². The molecule has 5 nitrogen and oxygen atoms in total. The number of piperazine rings is 1. The van der Waals surface area contributed by atoms with Gasteiger partial charge < -0.3 is 10.2 Å². The normalized spacial score (nSPS) is 21.4. The Kier molecular flexibility index (Phi) is 7.29. The van der Waals surface area contributed by atoms with Gasteiger partial charge in [0.15, 0.2) is 0 Å². The highest BCUT2D eigenvalue weighted by molar-refractivity contribution is 5.82. The zero-order chi connectivity index (χ0) is 18.4. The standard InChI is InChI=1S/C20H37N3O2/c1-5-10-21-19(25)18(16-8-6-7-9-16)23-13-11-22(12-14-23)17(24)15-20(2,3)4/h16,18H,5-15H2,1-4H3,(H,21,25)/t18-/m0/s1. The van der Waals surface area contributed by atoms with Gasteiger partial charge in [0.2, 0.25) is 11.8 Å². The molecule has 0 aromatic heterocycles. The zero-order valence-corrected chi connectivity index (χ0v) is 16.6. The molecule has 1 aliphatic carbocycles. The highest BCUT2D eigenvalue weighted by Crippen LogP contribution is 2.31. The minimum Gasteiger partial charge on any atom is -0.355 e. The van der Waals surface area contributed by atoms with E-state index >= 15 is 0 Å². The molecule has 2 amide bonds. The predicted molar refractivity (Wildman–Crippen MR) is 101 cm³/mol. The van der Waals surface area contributed by atoms with Crippen LogP contribution in [0.5, 0.6) is 0 Å². The number of amides is 2. The van der Waals surface area contributed by atoms with E-state index in [-0.39, 0.29) is 23.3 Å². The van der Waals surface area contributed by atoms with Crippen LogP contribution in [0.3, 0.4) is 0 Å². The summed E-state index contributed by atoms with van der Waals surface area (Å²) in [4.78, 5) is 29.5. The van der Waals surface area contributed by atoms with Crippen molar-refractivity contribution >= 4 is 11.8 Å². The van der Waals surface area contributed by atoms with E-state index in [1.165, 1.54) is 12.8 Å². The first-order valence-electron chi connectivity index (χ1n) is 10.1. The summed E-state index contributed by atoms with van der Waals surface area (Å²) in [6.07, 6.45) is 6.37. The van der Waals surface area contributed by atoms with Crippen molar-refractivity contribution in [1.82, 2.24) is 15.1 Å². The second-order valence-corrected chi connectivity index (χ2v) is 8.93. The summed E-state index contributed by atoms with van der Waals surface area (Å²) in [5, 5.41) is 3.11. The van der Waals surface area contributed by atoms with E-state index in [2.05, 4.69) is 37.9 Å². The topological polar surface area (TPSA) is 52.7 Å². The average molecular weight is 352 g/mol. The molecule has 25 heavy (non-hydrogen) atoms. The Hall–Kier alpha value is -1.10. The maximum atomic E-state index is 12.8. The molecule has 2 fully saturated rings. The van der Waals surface area contributed by atoms with E-state index in [1.807, 2.05) is 4.90 Å². The fraction of sp³-hybridized carbons (Fsp3) is 0.900. The summed E-state index contributed by atoms with van der Waals surface area (Å²) in [5.41, 5.74) is 0.0284. The van der Waals surface area contributed by atoms with Crippen LogP contribution in [0.1, 0.15) is 66.2 Å². The first-order chi connectivity index (χ1) is 11.8. The molecule has 0 unspecified atom stereocenters. The number of hydrogen-bond donors (Lipinski definition) is 1. The van der Waals surface area contributed by atoms with Crippen LogP contribution in [0.2, 0.25) is 0 Å². The number of carbonyl (C=O) groups excluding carboxylic acids is 2. The van der Waals surface area contributed by atoms with Crippen LogP contribution in [0.15, 0.2) is 0 Å². The fourth-order valence-electron chi connectivity index (χ4n) is 4.12. The first-order valence-corrected chi connectivity index (χ1v) is 10.1. The summed E-state index contributed by atoms with van der Waals surface area (Å²) in [5.74, 6) is 0.928. The van der Waals surface area contributed by atoms with Crippen LogP contribution in [-0.2, 0) is 9.59 Å². The van der Waals surface area contributed by atoms with Crippen molar-refractivity contribution in [2.45, 2.75) is 72.3 Å². The third-order valence-corrected chi connectivity index (χ3v) is 5.41. The van der Waals surface area contributed by atoms with Gasteiger partial charge in [0.25, 0.3) is 0 Å². The quantitative estimate of drug-likeness (QED) is 0.800. The van der Waals surface area contributed by atoms with Crippen molar-refractivity contribution < 1.29 is 9.59 Å². The molecule has 1 aliphatic heterocycles. The third kappa shape index (κ3) is 5.98. The highest BCUT2D eigenvalue weighted by Gasteiger charge is 2.37. The lowest BCUT2D eigenvalue weighted by Crippen LogP contribution is -2.58. The lowest BCUT2D eigenvalue weighted by atomic mass is 9.91. The SMILES string of the molecule is CCCNC(=O)[C@H](C1CCCC1)N1CCN(C(=O)CC(C)(C)C)CC1. The highest BCUT2D eigenvalue weighted by atomic mass is 16.2. The number of nitrogens with one attached hydrogen (secondary N) is 1.